The first-order valence-electron chi connectivity index (χ1n) is 5.74. The number of aromatic carboxylic acids is 1. The van der Waals surface area contributed by atoms with Gasteiger partial charge < -0.3 is 19.2 Å². The maximum Gasteiger partial charge on any atom is 0.371 e. The lowest BCUT2D eigenvalue weighted by atomic mass is 10.1. The third kappa shape index (κ3) is 2.70. The van der Waals surface area contributed by atoms with Crippen molar-refractivity contribution >= 4 is 11.9 Å². The molecule has 98 valence electrons. The first-order valence-corrected chi connectivity index (χ1v) is 5.74. The number of hydrogen-bond donors (Lipinski definition) is 1. The number of rotatable bonds is 4. The van der Waals surface area contributed by atoms with Crippen molar-refractivity contribution in [1.29, 1.82) is 0 Å². The lowest BCUT2D eigenvalue weighted by Gasteiger charge is -2.19. The molecule has 6 heteroatoms. The van der Waals surface area contributed by atoms with Crippen molar-refractivity contribution in [3.63, 3.8) is 0 Å². The standard InChI is InChI=1S/C12H15NO5/c1-13(6-8-4-5-17-7-8)11(14)9-2-3-10(18-9)12(15)16/h2-3,8H,4-7H2,1H3,(H,15,16)/t8-/m0/s1. The van der Waals surface area contributed by atoms with E-state index in [4.69, 9.17) is 14.3 Å². The highest BCUT2D eigenvalue weighted by Gasteiger charge is 2.23. The van der Waals surface area contributed by atoms with E-state index >= 15 is 0 Å². The normalized spacial score (nSPS) is 18.8. The third-order valence-corrected chi connectivity index (χ3v) is 2.93. The van der Waals surface area contributed by atoms with Crippen LogP contribution in [0.1, 0.15) is 27.5 Å². The summed E-state index contributed by atoms with van der Waals surface area (Å²) >= 11 is 0. The van der Waals surface area contributed by atoms with Crippen LogP contribution in [0.25, 0.3) is 0 Å². The molecule has 0 unspecified atom stereocenters. The lowest BCUT2D eigenvalue weighted by Crippen LogP contribution is -2.31. The molecular weight excluding hydrogens is 238 g/mol. The summed E-state index contributed by atoms with van der Waals surface area (Å²) in [5.74, 6) is -1.33. The van der Waals surface area contributed by atoms with E-state index in [0.29, 0.717) is 19.1 Å². The molecule has 1 aromatic rings. The predicted octanol–water partition coefficient (Wildman–Crippen LogP) is 1.09. The average Bonchev–Trinajstić information content (AvgIpc) is 2.98. The van der Waals surface area contributed by atoms with E-state index in [0.717, 1.165) is 13.0 Å². The summed E-state index contributed by atoms with van der Waals surface area (Å²) in [6.45, 7) is 1.98. The summed E-state index contributed by atoms with van der Waals surface area (Å²) in [7, 11) is 1.67. The Labute approximate surface area is 104 Å². The van der Waals surface area contributed by atoms with Gasteiger partial charge in [0.25, 0.3) is 5.91 Å². The fraction of sp³-hybridized carbons (Fsp3) is 0.500. The van der Waals surface area contributed by atoms with Crippen LogP contribution in [-0.2, 0) is 4.74 Å². The molecule has 6 nitrogen and oxygen atoms in total. The maximum atomic E-state index is 12.0. The first kappa shape index (κ1) is 12.6. The molecule has 1 aliphatic rings. The Morgan fingerprint density at radius 2 is 2.17 bits per heavy atom. The molecule has 18 heavy (non-hydrogen) atoms. The summed E-state index contributed by atoms with van der Waals surface area (Å²) < 4.78 is 10.2. The first-order chi connectivity index (χ1) is 8.58. The van der Waals surface area contributed by atoms with Crippen molar-refractivity contribution in [3.05, 3.63) is 23.7 Å². The highest BCUT2D eigenvalue weighted by Crippen LogP contribution is 2.16. The summed E-state index contributed by atoms with van der Waals surface area (Å²) in [6.07, 6.45) is 0.941. The van der Waals surface area contributed by atoms with E-state index in [1.54, 1.807) is 7.05 Å². The van der Waals surface area contributed by atoms with Crippen molar-refractivity contribution in [2.45, 2.75) is 6.42 Å². The molecule has 0 spiro atoms. The number of carboxylic acid groups (broad SMARTS) is 1. The molecule has 1 aromatic heterocycles. The smallest absolute Gasteiger partial charge is 0.371 e. The Kier molecular flexibility index (Phi) is 3.66. The van der Waals surface area contributed by atoms with E-state index in [9.17, 15) is 9.59 Å². The largest absolute Gasteiger partial charge is 0.475 e. The number of amides is 1. The molecule has 0 saturated carbocycles. The summed E-state index contributed by atoms with van der Waals surface area (Å²) in [5, 5.41) is 8.71. The number of carboxylic acids is 1. The monoisotopic (exact) mass is 253 g/mol. The molecule has 0 radical (unpaired) electrons. The van der Waals surface area contributed by atoms with Gasteiger partial charge in [-0.15, -0.1) is 0 Å². The van der Waals surface area contributed by atoms with Crippen molar-refractivity contribution in [1.82, 2.24) is 4.90 Å². The quantitative estimate of drug-likeness (QED) is 0.868. The van der Waals surface area contributed by atoms with E-state index in [1.165, 1.54) is 17.0 Å². The van der Waals surface area contributed by atoms with Gasteiger partial charge in [-0.2, -0.15) is 0 Å². The van der Waals surface area contributed by atoms with E-state index in [1.807, 2.05) is 0 Å². The van der Waals surface area contributed by atoms with Gasteiger partial charge in [0.1, 0.15) is 0 Å². The number of nitrogens with zero attached hydrogens (tertiary/aromatic N) is 1. The molecule has 2 heterocycles. The Bertz CT molecular complexity index is 447. The fourth-order valence-corrected chi connectivity index (χ4v) is 1.95. The highest BCUT2D eigenvalue weighted by atomic mass is 16.5. The van der Waals surface area contributed by atoms with Gasteiger partial charge in [0, 0.05) is 26.1 Å². The van der Waals surface area contributed by atoms with Crippen LogP contribution in [0, 0.1) is 5.92 Å². The number of hydrogen-bond acceptors (Lipinski definition) is 4. The second-order valence-corrected chi connectivity index (χ2v) is 4.38. The number of carbonyl (C=O) groups is 2. The lowest BCUT2D eigenvalue weighted by molar-refractivity contribution is 0.0651. The van der Waals surface area contributed by atoms with Crippen LogP contribution in [0.4, 0.5) is 0 Å². The van der Waals surface area contributed by atoms with E-state index in [2.05, 4.69) is 0 Å². The second kappa shape index (κ2) is 5.22. The van der Waals surface area contributed by atoms with Crippen LogP contribution in [0.2, 0.25) is 0 Å². The van der Waals surface area contributed by atoms with Crippen LogP contribution in [-0.4, -0.2) is 48.7 Å². The summed E-state index contributed by atoms with van der Waals surface area (Å²) in [6, 6.07) is 2.66. The van der Waals surface area contributed by atoms with Crippen molar-refractivity contribution in [2.24, 2.45) is 5.92 Å². The number of furan rings is 1. The molecule has 2 rings (SSSR count). The Morgan fingerprint density at radius 3 is 2.72 bits per heavy atom. The van der Waals surface area contributed by atoms with Gasteiger partial charge in [0.2, 0.25) is 5.76 Å². The minimum absolute atomic E-state index is 0.0498. The SMILES string of the molecule is CN(C[C@@H]1CCOC1)C(=O)c1ccc(C(=O)O)o1. The topological polar surface area (TPSA) is 80.0 Å². The summed E-state index contributed by atoms with van der Waals surface area (Å²) in [5.41, 5.74) is 0. The zero-order valence-electron chi connectivity index (χ0n) is 10.1. The molecule has 1 saturated heterocycles. The molecule has 0 aliphatic carbocycles. The molecule has 0 bridgehead atoms. The molecule has 0 aromatic carbocycles. The minimum atomic E-state index is -1.18. The van der Waals surface area contributed by atoms with Gasteiger partial charge >= 0.3 is 5.97 Å². The third-order valence-electron chi connectivity index (χ3n) is 2.93. The number of carbonyl (C=O) groups excluding carboxylic acids is 1. The molecular formula is C12H15NO5. The molecule has 1 N–H and O–H groups in total. The Balaban J connectivity index is 1.98. The average molecular weight is 253 g/mol. The summed E-state index contributed by atoms with van der Waals surface area (Å²) in [4.78, 5) is 24.1. The van der Waals surface area contributed by atoms with Gasteiger partial charge in [-0.25, -0.2) is 4.79 Å². The zero-order chi connectivity index (χ0) is 13.1. The Morgan fingerprint density at radius 1 is 1.44 bits per heavy atom. The van der Waals surface area contributed by atoms with Crippen LogP contribution >= 0.6 is 0 Å². The van der Waals surface area contributed by atoms with Gasteiger partial charge in [-0.3, -0.25) is 4.79 Å². The second-order valence-electron chi connectivity index (χ2n) is 4.38. The zero-order valence-corrected chi connectivity index (χ0v) is 10.1. The van der Waals surface area contributed by atoms with Gasteiger partial charge in [0.15, 0.2) is 5.76 Å². The fourth-order valence-electron chi connectivity index (χ4n) is 1.95. The van der Waals surface area contributed by atoms with Gasteiger partial charge in [-0.05, 0) is 18.6 Å². The minimum Gasteiger partial charge on any atom is -0.475 e. The highest BCUT2D eigenvalue weighted by molar-refractivity contribution is 5.93. The van der Waals surface area contributed by atoms with Crippen LogP contribution < -0.4 is 0 Å². The molecule has 1 aliphatic heterocycles. The maximum absolute atomic E-state index is 12.0. The predicted molar refractivity (Wildman–Crippen MR) is 61.6 cm³/mol. The van der Waals surface area contributed by atoms with Crippen molar-refractivity contribution in [3.8, 4) is 0 Å². The molecule has 1 atom stereocenters. The molecule has 1 amide bonds. The number of ether oxygens (including phenoxy) is 1. The van der Waals surface area contributed by atoms with Crippen molar-refractivity contribution < 1.29 is 23.8 Å². The Hall–Kier alpha value is -1.82. The van der Waals surface area contributed by atoms with Crippen molar-refractivity contribution in [2.75, 3.05) is 26.8 Å². The van der Waals surface area contributed by atoms with E-state index < -0.39 is 5.97 Å². The van der Waals surface area contributed by atoms with Gasteiger partial charge in [-0.1, -0.05) is 0 Å². The van der Waals surface area contributed by atoms with Crippen LogP contribution in [0.5, 0.6) is 0 Å². The van der Waals surface area contributed by atoms with Crippen LogP contribution in [0.3, 0.4) is 0 Å². The molecule has 1 fully saturated rings. The van der Waals surface area contributed by atoms with Crippen LogP contribution in [0.15, 0.2) is 16.5 Å². The van der Waals surface area contributed by atoms with Gasteiger partial charge in [0.05, 0.1) is 6.61 Å². The van der Waals surface area contributed by atoms with E-state index in [-0.39, 0.29) is 17.4 Å².